The van der Waals surface area contributed by atoms with E-state index >= 15 is 0 Å². The third-order valence-corrected chi connectivity index (χ3v) is 6.43. The van der Waals surface area contributed by atoms with E-state index in [-0.39, 0.29) is 23.5 Å². The van der Waals surface area contributed by atoms with Crippen LogP contribution in [0.5, 0.6) is 5.75 Å². The number of carbonyl (C=O) groups is 1. The fraction of sp³-hybridized carbons (Fsp3) is 0.423. The second-order valence-electron chi connectivity index (χ2n) is 9.38. The number of aromatic hydroxyl groups is 1. The zero-order valence-electron chi connectivity index (χ0n) is 20.3. The molecule has 0 unspecified atom stereocenters. The van der Waals surface area contributed by atoms with Crippen molar-refractivity contribution >= 4 is 11.6 Å². The normalized spacial score (nSPS) is 16.1. The number of nitrogens with zero attached hydrogens (tertiary/aromatic N) is 4. The number of carbonyl (C=O) groups excluding carboxylic acids is 1. The zero-order chi connectivity index (χ0) is 24.4. The van der Waals surface area contributed by atoms with E-state index in [0.29, 0.717) is 11.4 Å². The first-order valence-corrected chi connectivity index (χ1v) is 12.3. The Balaban J connectivity index is 1.54. The molecule has 0 atom stereocenters. The maximum Gasteiger partial charge on any atom is 0.289 e. The molecule has 1 amide bonds. The standard InChI is InChI=1S/C26H32N6O3/c1-17(2)28-26(34)25-30-29-24(21-9-10-22-20(23(21)33)4-3-11-27-22)32(25)19-7-5-18(6-8-19)16-31-12-14-35-15-13-31/h5-10,17,27,33H,3-4,11-16H2,1-2H3,(H,28,34). The molecule has 9 heteroatoms. The van der Waals surface area contributed by atoms with E-state index in [1.165, 1.54) is 5.56 Å². The van der Waals surface area contributed by atoms with Gasteiger partial charge in [0.25, 0.3) is 5.91 Å². The number of ether oxygens (including phenoxy) is 1. The van der Waals surface area contributed by atoms with Crippen molar-refractivity contribution in [3.8, 4) is 22.8 Å². The van der Waals surface area contributed by atoms with Crippen LogP contribution in [0.3, 0.4) is 0 Å². The van der Waals surface area contributed by atoms with Crippen molar-refractivity contribution in [2.75, 3.05) is 38.2 Å². The van der Waals surface area contributed by atoms with Gasteiger partial charge in [-0.05, 0) is 56.5 Å². The maximum atomic E-state index is 13.0. The maximum absolute atomic E-state index is 13.0. The quantitative estimate of drug-likeness (QED) is 0.502. The van der Waals surface area contributed by atoms with E-state index in [4.69, 9.17) is 4.74 Å². The molecule has 1 aromatic heterocycles. The summed E-state index contributed by atoms with van der Waals surface area (Å²) in [4.78, 5) is 15.4. The highest BCUT2D eigenvalue weighted by Gasteiger charge is 2.25. The lowest BCUT2D eigenvalue weighted by Crippen LogP contribution is -2.35. The molecule has 0 aliphatic carbocycles. The fourth-order valence-electron chi connectivity index (χ4n) is 4.67. The average Bonchev–Trinajstić information content (AvgIpc) is 3.30. The van der Waals surface area contributed by atoms with Crippen molar-refractivity contribution in [2.24, 2.45) is 0 Å². The van der Waals surface area contributed by atoms with Crippen molar-refractivity contribution in [3.05, 3.63) is 53.3 Å². The summed E-state index contributed by atoms with van der Waals surface area (Å²) in [6, 6.07) is 11.8. The number of aromatic nitrogens is 3. The van der Waals surface area contributed by atoms with Gasteiger partial charge >= 0.3 is 0 Å². The number of morpholine rings is 1. The molecular weight excluding hydrogens is 444 g/mol. The molecule has 0 spiro atoms. The summed E-state index contributed by atoms with van der Waals surface area (Å²) in [6.07, 6.45) is 1.73. The van der Waals surface area contributed by atoms with Gasteiger partial charge in [0, 0.05) is 49.2 Å². The number of hydrogen-bond acceptors (Lipinski definition) is 7. The van der Waals surface area contributed by atoms with Gasteiger partial charge in [0.1, 0.15) is 5.75 Å². The van der Waals surface area contributed by atoms with E-state index in [0.717, 1.165) is 69.2 Å². The molecule has 0 saturated carbocycles. The first-order chi connectivity index (χ1) is 17.0. The minimum Gasteiger partial charge on any atom is -0.507 e. The number of phenolic OH excluding ortho intramolecular Hbond substituents is 1. The van der Waals surface area contributed by atoms with Gasteiger partial charge in [0.15, 0.2) is 5.82 Å². The first kappa shape index (κ1) is 23.3. The van der Waals surface area contributed by atoms with Gasteiger partial charge in [-0.3, -0.25) is 14.3 Å². The number of amides is 1. The van der Waals surface area contributed by atoms with Crippen molar-refractivity contribution in [2.45, 2.75) is 39.3 Å². The van der Waals surface area contributed by atoms with Gasteiger partial charge < -0.3 is 20.5 Å². The van der Waals surface area contributed by atoms with Crippen LogP contribution in [0, 0.1) is 0 Å². The van der Waals surface area contributed by atoms with Crippen LogP contribution >= 0.6 is 0 Å². The zero-order valence-corrected chi connectivity index (χ0v) is 20.3. The predicted octanol–water partition coefficient (Wildman–Crippen LogP) is 2.97. The van der Waals surface area contributed by atoms with Crippen molar-refractivity contribution in [3.63, 3.8) is 0 Å². The summed E-state index contributed by atoms with van der Waals surface area (Å²) in [5.41, 5.74) is 4.31. The summed E-state index contributed by atoms with van der Waals surface area (Å²) in [5, 5.41) is 26.0. The Kier molecular flexibility index (Phi) is 6.70. The van der Waals surface area contributed by atoms with E-state index in [1.54, 1.807) is 4.57 Å². The number of fused-ring (bicyclic) bond motifs is 1. The van der Waals surface area contributed by atoms with Crippen LogP contribution in [0.25, 0.3) is 17.1 Å². The smallest absolute Gasteiger partial charge is 0.289 e. The van der Waals surface area contributed by atoms with Crippen LogP contribution in [0.4, 0.5) is 5.69 Å². The summed E-state index contributed by atoms with van der Waals surface area (Å²) >= 11 is 0. The molecule has 9 nitrogen and oxygen atoms in total. The van der Waals surface area contributed by atoms with Gasteiger partial charge in [-0.15, -0.1) is 10.2 Å². The molecule has 3 N–H and O–H groups in total. The molecule has 1 fully saturated rings. The highest BCUT2D eigenvalue weighted by atomic mass is 16.5. The van der Waals surface area contributed by atoms with Crippen molar-refractivity contribution < 1.29 is 14.6 Å². The summed E-state index contributed by atoms with van der Waals surface area (Å²) in [7, 11) is 0. The number of phenols is 1. The molecule has 1 saturated heterocycles. The topological polar surface area (TPSA) is 105 Å². The minimum absolute atomic E-state index is 0.0461. The number of benzene rings is 2. The van der Waals surface area contributed by atoms with Crippen LogP contribution in [0.1, 0.15) is 42.0 Å². The Morgan fingerprint density at radius 3 is 2.66 bits per heavy atom. The van der Waals surface area contributed by atoms with Crippen LogP contribution in [0.15, 0.2) is 36.4 Å². The van der Waals surface area contributed by atoms with Gasteiger partial charge in [-0.2, -0.15) is 0 Å². The second-order valence-corrected chi connectivity index (χ2v) is 9.38. The largest absolute Gasteiger partial charge is 0.507 e. The molecule has 2 aliphatic heterocycles. The molecule has 0 radical (unpaired) electrons. The van der Waals surface area contributed by atoms with Gasteiger partial charge in [-0.25, -0.2) is 0 Å². The number of hydrogen-bond donors (Lipinski definition) is 3. The molecule has 184 valence electrons. The van der Waals surface area contributed by atoms with Crippen molar-refractivity contribution in [1.82, 2.24) is 25.0 Å². The molecule has 5 rings (SSSR count). The molecule has 2 aromatic carbocycles. The molecule has 2 aliphatic rings. The third kappa shape index (κ3) is 4.87. The molecule has 3 heterocycles. The lowest BCUT2D eigenvalue weighted by molar-refractivity contribution is 0.0342. The van der Waals surface area contributed by atoms with E-state index < -0.39 is 0 Å². The Morgan fingerprint density at radius 1 is 1.14 bits per heavy atom. The lowest BCUT2D eigenvalue weighted by atomic mass is 9.98. The molecular formula is C26H32N6O3. The average molecular weight is 477 g/mol. The summed E-state index contributed by atoms with van der Waals surface area (Å²) in [6.45, 7) is 8.90. The third-order valence-electron chi connectivity index (χ3n) is 6.43. The second kappa shape index (κ2) is 10.1. The van der Waals surface area contributed by atoms with Crippen LogP contribution in [-0.4, -0.2) is 69.6 Å². The minimum atomic E-state index is -0.310. The van der Waals surface area contributed by atoms with Crippen LogP contribution in [-0.2, 0) is 17.7 Å². The van der Waals surface area contributed by atoms with E-state index in [9.17, 15) is 9.90 Å². The first-order valence-electron chi connectivity index (χ1n) is 12.3. The van der Waals surface area contributed by atoms with Crippen LogP contribution in [0.2, 0.25) is 0 Å². The number of nitrogens with one attached hydrogen (secondary N) is 2. The highest BCUT2D eigenvalue weighted by Crippen LogP contribution is 2.39. The summed E-state index contributed by atoms with van der Waals surface area (Å²) in [5.74, 6) is 0.494. The molecule has 0 bridgehead atoms. The predicted molar refractivity (Wildman–Crippen MR) is 134 cm³/mol. The van der Waals surface area contributed by atoms with Gasteiger partial charge in [0.2, 0.25) is 5.82 Å². The Hall–Kier alpha value is -3.43. The van der Waals surface area contributed by atoms with Crippen LogP contribution < -0.4 is 10.6 Å². The van der Waals surface area contributed by atoms with Gasteiger partial charge in [-0.1, -0.05) is 12.1 Å². The highest BCUT2D eigenvalue weighted by molar-refractivity contribution is 5.92. The monoisotopic (exact) mass is 476 g/mol. The molecule has 35 heavy (non-hydrogen) atoms. The number of anilines is 1. The van der Waals surface area contributed by atoms with Gasteiger partial charge in [0.05, 0.1) is 18.8 Å². The van der Waals surface area contributed by atoms with E-state index in [2.05, 4.69) is 37.9 Å². The Bertz CT molecular complexity index is 1200. The Morgan fingerprint density at radius 2 is 1.91 bits per heavy atom. The summed E-state index contributed by atoms with van der Waals surface area (Å²) < 4.78 is 7.18. The lowest BCUT2D eigenvalue weighted by Gasteiger charge is -2.26. The fourth-order valence-corrected chi connectivity index (χ4v) is 4.67. The SMILES string of the molecule is CC(C)NC(=O)c1nnc(-c2ccc3c(c2O)CCCN3)n1-c1ccc(CN2CCOCC2)cc1. The Labute approximate surface area is 205 Å². The van der Waals surface area contributed by atoms with E-state index in [1.807, 2.05) is 38.1 Å². The number of rotatable bonds is 6. The van der Waals surface area contributed by atoms with Crippen molar-refractivity contribution in [1.29, 1.82) is 0 Å². The molecule has 3 aromatic rings.